The van der Waals surface area contributed by atoms with Crippen molar-refractivity contribution in [2.45, 2.75) is 33.6 Å². The molecule has 0 unspecified atom stereocenters. The van der Waals surface area contributed by atoms with Gasteiger partial charge in [0.25, 0.3) is 0 Å². The van der Waals surface area contributed by atoms with Crippen LogP contribution in [0.15, 0.2) is 0 Å². The van der Waals surface area contributed by atoms with Crippen LogP contribution in [-0.2, 0) is 4.79 Å². The van der Waals surface area contributed by atoms with Crippen molar-refractivity contribution in [3.63, 3.8) is 0 Å². The highest BCUT2D eigenvalue weighted by Gasteiger charge is 2.31. The number of hydrogen-bond donors (Lipinski definition) is 1. The first kappa shape index (κ1) is 13.9. The smallest absolute Gasteiger partial charge is 0.242 e. The van der Waals surface area contributed by atoms with Crippen molar-refractivity contribution in [3.8, 4) is 6.07 Å². The zero-order chi connectivity index (χ0) is 11.9. The fourth-order valence-electron chi connectivity index (χ4n) is 1.23. The van der Waals surface area contributed by atoms with Gasteiger partial charge in [0.15, 0.2) is 0 Å². The molecule has 15 heavy (non-hydrogen) atoms. The molecule has 0 saturated carbocycles. The summed E-state index contributed by atoms with van der Waals surface area (Å²) in [5.74, 6) is -0.201. The second kappa shape index (κ2) is 6.41. The number of amides is 1. The van der Waals surface area contributed by atoms with E-state index in [9.17, 15) is 4.79 Å². The van der Waals surface area contributed by atoms with E-state index >= 15 is 0 Å². The highest BCUT2D eigenvalue weighted by molar-refractivity contribution is 5.84. The standard InChI is InChI=1S/C11H20N2O2/c1-4-5-6-13(7-8-14)10(15)11(2,3)9-12/h14H,4-8H2,1-3H3. The van der Waals surface area contributed by atoms with Gasteiger partial charge in [0.2, 0.25) is 5.91 Å². The molecule has 86 valence electrons. The Kier molecular flexibility index (Phi) is 5.95. The van der Waals surface area contributed by atoms with E-state index < -0.39 is 5.41 Å². The van der Waals surface area contributed by atoms with Gasteiger partial charge in [-0.2, -0.15) is 5.26 Å². The summed E-state index contributed by atoms with van der Waals surface area (Å²) in [4.78, 5) is 13.4. The summed E-state index contributed by atoms with van der Waals surface area (Å²) in [6.45, 7) is 6.11. The molecule has 0 saturated heterocycles. The predicted octanol–water partition coefficient (Wildman–Crippen LogP) is 1.16. The highest BCUT2D eigenvalue weighted by atomic mass is 16.3. The molecule has 0 fully saturated rings. The molecule has 0 aromatic carbocycles. The lowest BCUT2D eigenvalue weighted by molar-refractivity contribution is -0.138. The summed E-state index contributed by atoms with van der Waals surface area (Å²) in [7, 11) is 0. The Labute approximate surface area is 91.5 Å². The molecular formula is C11H20N2O2. The van der Waals surface area contributed by atoms with E-state index in [1.165, 1.54) is 0 Å². The lowest BCUT2D eigenvalue weighted by Gasteiger charge is -2.27. The normalized spacial score (nSPS) is 10.9. The van der Waals surface area contributed by atoms with Crippen LogP contribution >= 0.6 is 0 Å². The van der Waals surface area contributed by atoms with Gasteiger partial charge in [0.1, 0.15) is 5.41 Å². The fraction of sp³-hybridized carbons (Fsp3) is 0.818. The Balaban J connectivity index is 4.49. The lowest BCUT2D eigenvalue weighted by atomic mass is 9.93. The van der Waals surface area contributed by atoms with Crippen LogP contribution in [0.2, 0.25) is 0 Å². The largest absolute Gasteiger partial charge is 0.395 e. The molecule has 0 atom stereocenters. The molecule has 0 aliphatic carbocycles. The van der Waals surface area contributed by atoms with E-state index in [2.05, 4.69) is 0 Å². The summed E-state index contributed by atoms with van der Waals surface area (Å²) in [6.07, 6.45) is 1.88. The van der Waals surface area contributed by atoms with E-state index in [-0.39, 0.29) is 12.5 Å². The van der Waals surface area contributed by atoms with Crippen LogP contribution in [0, 0.1) is 16.7 Å². The molecule has 0 radical (unpaired) electrons. The Morgan fingerprint density at radius 1 is 1.47 bits per heavy atom. The number of carbonyl (C=O) groups is 1. The first-order valence-electron chi connectivity index (χ1n) is 5.31. The first-order chi connectivity index (χ1) is 6.99. The molecule has 1 N–H and O–H groups in total. The maximum Gasteiger partial charge on any atom is 0.242 e. The van der Waals surface area contributed by atoms with Crippen LogP contribution in [-0.4, -0.2) is 35.6 Å². The number of nitriles is 1. The molecule has 0 aliphatic rings. The molecule has 0 aliphatic heterocycles. The van der Waals surface area contributed by atoms with E-state index in [0.29, 0.717) is 13.1 Å². The number of nitrogens with zero attached hydrogens (tertiary/aromatic N) is 2. The third-order valence-electron chi connectivity index (χ3n) is 2.25. The topological polar surface area (TPSA) is 64.3 Å². The van der Waals surface area contributed by atoms with Crippen LogP contribution in [0.3, 0.4) is 0 Å². The van der Waals surface area contributed by atoms with E-state index in [4.69, 9.17) is 10.4 Å². The Morgan fingerprint density at radius 3 is 2.47 bits per heavy atom. The minimum Gasteiger partial charge on any atom is -0.395 e. The molecule has 0 aromatic heterocycles. The maximum absolute atomic E-state index is 11.9. The summed E-state index contributed by atoms with van der Waals surface area (Å²) in [6, 6.07) is 1.98. The molecule has 0 rings (SSSR count). The predicted molar refractivity (Wildman–Crippen MR) is 58.0 cm³/mol. The Hall–Kier alpha value is -1.08. The maximum atomic E-state index is 11.9. The average molecular weight is 212 g/mol. The van der Waals surface area contributed by atoms with Crippen LogP contribution in [0.1, 0.15) is 33.6 Å². The number of carbonyl (C=O) groups excluding carboxylic acids is 1. The molecule has 0 bridgehead atoms. The summed E-state index contributed by atoms with van der Waals surface area (Å²) in [5.41, 5.74) is -0.997. The van der Waals surface area contributed by atoms with Gasteiger partial charge in [0, 0.05) is 13.1 Å². The van der Waals surface area contributed by atoms with Crippen molar-refractivity contribution in [2.24, 2.45) is 5.41 Å². The van der Waals surface area contributed by atoms with Crippen molar-refractivity contribution in [1.29, 1.82) is 5.26 Å². The third kappa shape index (κ3) is 4.30. The summed E-state index contributed by atoms with van der Waals surface area (Å²) in [5, 5.41) is 17.7. The van der Waals surface area contributed by atoms with Gasteiger partial charge < -0.3 is 10.0 Å². The number of hydrogen-bond acceptors (Lipinski definition) is 3. The minimum absolute atomic E-state index is 0.0586. The van der Waals surface area contributed by atoms with Crippen LogP contribution in [0.4, 0.5) is 0 Å². The number of rotatable bonds is 6. The van der Waals surface area contributed by atoms with Gasteiger partial charge in [0.05, 0.1) is 12.7 Å². The molecule has 4 heteroatoms. The van der Waals surface area contributed by atoms with E-state index in [0.717, 1.165) is 12.8 Å². The van der Waals surface area contributed by atoms with E-state index in [1.54, 1.807) is 18.7 Å². The highest BCUT2D eigenvalue weighted by Crippen LogP contribution is 2.17. The van der Waals surface area contributed by atoms with Crippen LogP contribution in [0.25, 0.3) is 0 Å². The van der Waals surface area contributed by atoms with E-state index in [1.807, 2.05) is 13.0 Å². The average Bonchev–Trinajstić information content (AvgIpc) is 2.23. The van der Waals surface area contributed by atoms with Crippen molar-refractivity contribution in [3.05, 3.63) is 0 Å². The monoisotopic (exact) mass is 212 g/mol. The van der Waals surface area contributed by atoms with Gasteiger partial charge in [-0.1, -0.05) is 13.3 Å². The van der Waals surface area contributed by atoms with Crippen molar-refractivity contribution < 1.29 is 9.90 Å². The van der Waals surface area contributed by atoms with Crippen LogP contribution in [0.5, 0.6) is 0 Å². The van der Waals surface area contributed by atoms with Crippen molar-refractivity contribution in [2.75, 3.05) is 19.7 Å². The quantitative estimate of drug-likeness (QED) is 0.718. The Morgan fingerprint density at radius 2 is 2.07 bits per heavy atom. The zero-order valence-corrected chi connectivity index (χ0v) is 9.79. The third-order valence-corrected chi connectivity index (χ3v) is 2.25. The molecular weight excluding hydrogens is 192 g/mol. The molecule has 1 amide bonds. The van der Waals surface area contributed by atoms with Gasteiger partial charge >= 0.3 is 0 Å². The second-order valence-electron chi connectivity index (χ2n) is 4.11. The fourth-order valence-corrected chi connectivity index (χ4v) is 1.23. The first-order valence-corrected chi connectivity index (χ1v) is 5.31. The van der Waals surface area contributed by atoms with Crippen molar-refractivity contribution in [1.82, 2.24) is 4.90 Å². The Bertz CT molecular complexity index is 243. The second-order valence-corrected chi connectivity index (χ2v) is 4.11. The number of aliphatic hydroxyl groups excluding tert-OH is 1. The molecule has 0 heterocycles. The SMILES string of the molecule is CCCCN(CCO)C(=O)C(C)(C)C#N. The molecule has 0 aromatic rings. The lowest BCUT2D eigenvalue weighted by Crippen LogP contribution is -2.42. The number of unbranched alkanes of at least 4 members (excludes halogenated alkanes) is 1. The van der Waals surface area contributed by atoms with Gasteiger partial charge in [-0.3, -0.25) is 4.79 Å². The zero-order valence-electron chi connectivity index (χ0n) is 9.79. The van der Waals surface area contributed by atoms with Gasteiger partial charge in [-0.05, 0) is 20.3 Å². The molecule has 0 spiro atoms. The number of aliphatic hydroxyl groups is 1. The summed E-state index contributed by atoms with van der Waals surface area (Å²) >= 11 is 0. The molecule has 4 nitrogen and oxygen atoms in total. The minimum atomic E-state index is -0.997. The van der Waals surface area contributed by atoms with Gasteiger partial charge in [-0.15, -0.1) is 0 Å². The van der Waals surface area contributed by atoms with Crippen molar-refractivity contribution >= 4 is 5.91 Å². The van der Waals surface area contributed by atoms with Gasteiger partial charge in [-0.25, -0.2) is 0 Å². The summed E-state index contributed by atoms with van der Waals surface area (Å²) < 4.78 is 0. The van der Waals surface area contributed by atoms with Crippen LogP contribution < -0.4 is 0 Å².